The molecule has 1 aromatic carbocycles. The van der Waals surface area contributed by atoms with Crippen molar-refractivity contribution in [1.29, 1.82) is 0 Å². The maximum atomic E-state index is 3.44. The van der Waals surface area contributed by atoms with E-state index in [2.05, 4.69) is 36.5 Å². The zero-order chi connectivity index (χ0) is 10.4. The molecule has 0 saturated carbocycles. The molecule has 0 aromatic heterocycles. The highest BCUT2D eigenvalue weighted by Crippen LogP contribution is 2.25. The SMILES string of the molecule is CC.CCC1CNCc2ccccc21. The fraction of sp³-hybridized carbons (Fsp3) is 0.538. The summed E-state index contributed by atoms with van der Waals surface area (Å²) in [6, 6.07) is 8.76. The zero-order valence-electron chi connectivity index (χ0n) is 9.51. The molecule has 0 aliphatic carbocycles. The molecule has 1 aliphatic heterocycles. The molecule has 0 radical (unpaired) electrons. The van der Waals surface area contributed by atoms with Crippen LogP contribution < -0.4 is 5.32 Å². The van der Waals surface area contributed by atoms with E-state index in [-0.39, 0.29) is 0 Å². The zero-order valence-corrected chi connectivity index (χ0v) is 9.51. The van der Waals surface area contributed by atoms with E-state index in [0.29, 0.717) is 0 Å². The fourth-order valence-corrected chi connectivity index (χ4v) is 1.95. The van der Waals surface area contributed by atoms with Crippen molar-refractivity contribution in [3.8, 4) is 0 Å². The second-order valence-corrected chi connectivity index (χ2v) is 3.43. The molecule has 1 N–H and O–H groups in total. The Morgan fingerprint density at radius 3 is 2.71 bits per heavy atom. The van der Waals surface area contributed by atoms with Crippen LogP contribution in [0.5, 0.6) is 0 Å². The van der Waals surface area contributed by atoms with E-state index < -0.39 is 0 Å². The number of hydrogen-bond donors (Lipinski definition) is 1. The highest BCUT2D eigenvalue weighted by molar-refractivity contribution is 5.32. The minimum absolute atomic E-state index is 0.731. The first-order valence-electron chi connectivity index (χ1n) is 5.70. The molecular weight excluding hydrogens is 170 g/mol. The van der Waals surface area contributed by atoms with Gasteiger partial charge in [0.2, 0.25) is 0 Å². The molecule has 2 rings (SSSR count). The molecular formula is C13H21N. The summed E-state index contributed by atoms with van der Waals surface area (Å²) in [5.74, 6) is 0.731. The topological polar surface area (TPSA) is 12.0 Å². The van der Waals surface area contributed by atoms with Crippen LogP contribution in [0.4, 0.5) is 0 Å². The summed E-state index contributed by atoms with van der Waals surface area (Å²) in [5.41, 5.74) is 3.04. The van der Waals surface area contributed by atoms with E-state index >= 15 is 0 Å². The predicted molar refractivity (Wildman–Crippen MR) is 62.5 cm³/mol. The highest BCUT2D eigenvalue weighted by Gasteiger charge is 2.16. The normalized spacial score (nSPS) is 19.2. The van der Waals surface area contributed by atoms with Gasteiger partial charge in [0, 0.05) is 13.1 Å². The Labute approximate surface area is 87.5 Å². The lowest BCUT2D eigenvalue weighted by molar-refractivity contribution is 0.530. The van der Waals surface area contributed by atoms with E-state index in [0.717, 1.165) is 19.0 Å². The van der Waals surface area contributed by atoms with Gasteiger partial charge in [-0.1, -0.05) is 45.0 Å². The lowest BCUT2D eigenvalue weighted by Crippen LogP contribution is -2.27. The average molecular weight is 191 g/mol. The van der Waals surface area contributed by atoms with Crippen LogP contribution >= 0.6 is 0 Å². The summed E-state index contributed by atoms with van der Waals surface area (Å²) in [4.78, 5) is 0. The predicted octanol–water partition coefficient (Wildman–Crippen LogP) is 3.31. The Bertz CT molecular complexity index is 268. The number of hydrogen-bond acceptors (Lipinski definition) is 1. The summed E-state index contributed by atoms with van der Waals surface area (Å²) < 4.78 is 0. The molecule has 1 nitrogen and oxygen atoms in total. The molecule has 0 saturated heterocycles. The van der Waals surface area contributed by atoms with Crippen molar-refractivity contribution in [3.63, 3.8) is 0 Å². The number of fused-ring (bicyclic) bond motifs is 1. The molecule has 0 fully saturated rings. The molecule has 0 spiro atoms. The standard InChI is InChI=1S/C11H15N.C2H6/c1-2-9-7-12-8-10-5-3-4-6-11(9)10;1-2/h3-6,9,12H,2,7-8H2,1H3;1-2H3. The second-order valence-electron chi connectivity index (χ2n) is 3.43. The third-order valence-electron chi connectivity index (χ3n) is 2.69. The van der Waals surface area contributed by atoms with Crippen molar-refractivity contribution < 1.29 is 0 Å². The van der Waals surface area contributed by atoms with Crippen molar-refractivity contribution in [1.82, 2.24) is 5.32 Å². The third-order valence-corrected chi connectivity index (χ3v) is 2.69. The van der Waals surface area contributed by atoms with Crippen LogP contribution in [0.1, 0.15) is 44.2 Å². The summed E-state index contributed by atoms with van der Waals surface area (Å²) in [6.45, 7) is 8.45. The van der Waals surface area contributed by atoms with Crippen LogP contribution in [-0.4, -0.2) is 6.54 Å². The molecule has 0 amide bonds. The van der Waals surface area contributed by atoms with Gasteiger partial charge in [-0.25, -0.2) is 0 Å². The van der Waals surface area contributed by atoms with Gasteiger partial charge in [0.05, 0.1) is 0 Å². The third kappa shape index (κ3) is 2.36. The number of nitrogens with one attached hydrogen (secondary N) is 1. The van der Waals surface area contributed by atoms with Gasteiger partial charge in [-0.15, -0.1) is 0 Å². The van der Waals surface area contributed by atoms with Crippen molar-refractivity contribution in [2.45, 2.75) is 39.7 Å². The van der Waals surface area contributed by atoms with Crippen LogP contribution in [-0.2, 0) is 6.54 Å². The first-order valence-corrected chi connectivity index (χ1v) is 5.70. The van der Waals surface area contributed by atoms with E-state index in [1.165, 1.54) is 12.0 Å². The van der Waals surface area contributed by atoms with E-state index in [9.17, 15) is 0 Å². The largest absolute Gasteiger partial charge is 0.312 e. The van der Waals surface area contributed by atoms with E-state index in [1.54, 1.807) is 5.56 Å². The maximum absolute atomic E-state index is 3.44. The van der Waals surface area contributed by atoms with Gasteiger partial charge < -0.3 is 5.32 Å². The van der Waals surface area contributed by atoms with E-state index in [4.69, 9.17) is 0 Å². The lowest BCUT2D eigenvalue weighted by Gasteiger charge is -2.25. The molecule has 1 heteroatoms. The molecule has 14 heavy (non-hydrogen) atoms. The van der Waals surface area contributed by atoms with Crippen LogP contribution in [0.25, 0.3) is 0 Å². The smallest absolute Gasteiger partial charge is 0.0208 e. The van der Waals surface area contributed by atoms with Crippen LogP contribution in [0, 0.1) is 0 Å². The molecule has 78 valence electrons. The first kappa shape index (κ1) is 11.3. The monoisotopic (exact) mass is 191 g/mol. The Morgan fingerprint density at radius 1 is 1.29 bits per heavy atom. The minimum Gasteiger partial charge on any atom is -0.312 e. The van der Waals surface area contributed by atoms with Gasteiger partial charge in [-0.2, -0.15) is 0 Å². The minimum atomic E-state index is 0.731. The number of benzene rings is 1. The van der Waals surface area contributed by atoms with Crippen LogP contribution in [0.2, 0.25) is 0 Å². The highest BCUT2D eigenvalue weighted by atomic mass is 14.9. The molecule has 1 aromatic rings. The fourth-order valence-electron chi connectivity index (χ4n) is 1.95. The summed E-state index contributed by atoms with van der Waals surface area (Å²) in [5, 5.41) is 3.44. The van der Waals surface area contributed by atoms with Gasteiger partial charge in [-0.05, 0) is 23.5 Å². The van der Waals surface area contributed by atoms with Gasteiger partial charge >= 0.3 is 0 Å². The first-order chi connectivity index (χ1) is 6.92. The van der Waals surface area contributed by atoms with Gasteiger partial charge in [0.25, 0.3) is 0 Å². The number of rotatable bonds is 1. The molecule has 1 heterocycles. The Kier molecular flexibility index (Phi) is 4.68. The molecule has 1 unspecified atom stereocenters. The molecule has 1 aliphatic rings. The van der Waals surface area contributed by atoms with Gasteiger partial charge in [-0.3, -0.25) is 0 Å². The van der Waals surface area contributed by atoms with Crippen LogP contribution in [0.3, 0.4) is 0 Å². The average Bonchev–Trinajstić information content (AvgIpc) is 2.31. The van der Waals surface area contributed by atoms with Crippen molar-refractivity contribution in [2.24, 2.45) is 0 Å². The van der Waals surface area contributed by atoms with Gasteiger partial charge in [0.15, 0.2) is 0 Å². The quantitative estimate of drug-likeness (QED) is 0.718. The van der Waals surface area contributed by atoms with E-state index in [1.807, 2.05) is 13.8 Å². The maximum Gasteiger partial charge on any atom is 0.0208 e. The van der Waals surface area contributed by atoms with Gasteiger partial charge in [0.1, 0.15) is 0 Å². The summed E-state index contributed by atoms with van der Waals surface area (Å²) in [7, 11) is 0. The Balaban J connectivity index is 0.000000461. The second kappa shape index (κ2) is 5.82. The van der Waals surface area contributed by atoms with Crippen LogP contribution in [0.15, 0.2) is 24.3 Å². The summed E-state index contributed by atoms with van der Waals surface area (Å²) >= 11 is 0. The van der Waals surface area contributed by atoms with Crippen molar-refractivity contribution >= 4 is 0 Å². The summed E-state index contributed by atoms with van der Waals surface area (Å²) in [6.07, 6.45) is 1.24. The molecule has 1 atom stereocenters. The van der Waals surface area contributed by atoms with Crippen molar-refractivity contribution in [2.75, 3.05) is 6.54 Å². The van der Waals surface area contributed by atoms with Crippen molar-refractivity contribution in [3.05, 3.63) is 35.4 Å². The Hall–Kier alpha value is -0.820. The Morgan fingerprint density at radius 2 is 2.00 bits per heavy atom. The lowest BCUT2D eigenvalue weighted by atomic mass is 9.89. The molecule has 0 bridgehead atoms.